The molecule has 2 aliphatic rings. The number of benzene rings is 1. The Kier molecular flexibility index (Phi) is 2.60. The van der Waals surface area contributed by atoms with E-state index in [0.29, 0.717) is 6.04 Å². The summed E-state index contributed by atoms with van der Waals surface area (Å²) in [7, 11) is 0. The van der Waals surface area contributed by atoms with Gasteiger partial charge >= 0.3 is 0 Å². The molecule has 4 rings (SSSR count). The van der Waals surface area contributed by atoms with Crippen LogP contribution in [-0.2, 0) is 6.54 Å². The summed E-state index contributed by atoms with van der Waals surface area (Å²) >= 11 is 1.77. The molecular formula is C15H16N2OS. The summed E-state index contributed by atoms with van der Waals surface area (Å²) in [5.41, 5.74) is 2.24. The van der Waals surface area contributed by atoms with E-state index in [1.165, 1.54) is 33.4 Å². The molecule has 1 aromatic carbocycles. The summed E-state index contributed by atoms with van der Waals surface area (Å²) in [6.45, 7) is 2.12. The van der Waals surface area contributed by atoms with Gasteiger partial charge in [0.25, 0.3) is 0 Å². The summed E-state index contributed by atoms with van der Waals surface area (Å²) in [6, 6.07) is 8.83. The molecule has 0 radical (unpaired) electrons. The van der Waals surface area contributed by atoms with Crippen LogP contribution in [0.2, 0.25) is 0 Å². The van der Waals surface area contributed by atoms with Gasteiger partial charge in [0.2, 0.25) is 0 Å². The molecule has 19 heavy (non-hydrogen) atoms. The lowest BCUT2D eigenvalue weighted by molar-refractivity contribution is 0.175. The zero-order valence-electron chi connectivity index (χ0n) is 10.7. The van der Waals surface area contributed by atoms with Gasteiger partial charge < -0.3 is 5.21 Å². The lowest BCUT2D eigenvalue weighted by Gasteiger charge is -2.39. The molecule has 0 aliphatic carbocycles. The molecule has 3 nitrogen and oxygen atoms in total. The molecule has 1 atom stereocenters. The monoisotopic (exact) mass is 272 g/mol. The average molecular weight is 272 g/mol. The van der Waals surface area contributed by atoms with Crippen LogP contribution >= 0.6 is 11.3 Å². The number of nitrogens with zero attached hydrogens (tertiary/aromatic N) is 2. The van der Waals surface area contributed by atoms with Crippen molar-refractivity contribution in [2.24, 2.45) is 5.16 Å². The minimum Gasteiger partial charge on any atom is -0.411 e. The van der Waals surface area contributed by atoms with Crippen LogP contribution in [0.4, 0.5) is 0 Å². The van der Waals surface area contributed by atoms with E-state index < -0.39 is 0 Å². The molecule has 3 heterocycles. The van der Waals surface area contributed by atoms with Crippen molar-refractivity contribution in [3.63, 3.8) is 0 Å². The first-order valence-corrected chi connectivity index (χ1v) is 7.67. The van der Waals surface area contributed by atoms with Crippen LogP contribution in [-0.4, -0.2) is 28.4 Å². The highest BCUT2D eigenvalue weighted by molar-refractivity contribution is 7.21. The summed E-state index contributed by atoms with van der Waals surface area (Å²) < 4.78 is 1.30. The summed E-state index contributed by atoms with van der Waals surface area (Å²) in [5, 5.41) is 14.5. The molecule has 0 amide bonds. The quantitative estimate of drug-likeness (QED) is 0.589. The van der Waals surface area contributed by atoms with E-state index in [9.17, 15) is 5.21 Å². The van der Waals surface area contributed by atoms with Crippen LogP contribution in [0.15, 0.2) is 29.4 Å². The number of thiophene rings is 1. The van der Waals surface area contributed by atoms with E-state index in [1.807, 2.05) is 0 Å². The van der Waals surface area contributed by atoms with Gasteiger partial charge in [-0.05, 0) is 36.4 Å². The summed E-state index contributed by atoms with van der Waals surface area (Å²) in [6.07, 6.45) is 3.61. The van der Waals surface area contributed by atoms with E-state index in [1.54, 1.807) is 11.3 Å². The minimum atomic E-state index is 0.319. The first kappa shape index (κ1) is 11.4. The number of hydrogen-bond acceptors (Lipinski definition) is 4. The maximum absolute atomic E-state index is 9.47. The third-order valence-electron chi connectivity index (χ3n) is 4.33. The van der Waals surface area contributed by atoms with Crippen molar-refractivity contribution in [2.45, 2.75) is 31.8 Å². The van der Waals surface area contributed by atoms with Gasteiger partial charge in [-0.3, -0.25) is 4.90 Å². The summed E-state index contributed by atoms with van der Waals surface area (Å²) in [4.78, 5) is 3.67. The molecule has 4 heteroatoms. The van der Waals surface area contributed by atoms with Gasteiger partial charge in [0.05, 0.1) is 10.9 Å². The number of piperidine rings is 1. The molecule has 2 aliphatic heterocycles. The minimum absolute atomic E-state index is 0.319. The molecule has 1 unspecified atom stereocenters. The van der Waals surface area contributed by atoms with Crippen LogP contribution in [0, 0.1) is 0 Å². The van der Waals surface area contributed by atoms with Crippen molar-refractivity contribution in [3.8, 4) is 0 Å². The van der Waals surface area contributed by atoms with E-state index in [4.69, 9.17) is 0 Å². The Morgan fingerprint density at radius 2 is 2.16 bits per heavy atom. The molecule has 2 aromatic rings. The number of rotatable bonds is 0. The molecular weight excluding hydrogens is 256 g/mol. The van der Waals surface area contributed by atoms with Crippen LogP contribution in [0.25, 0.3) is 10.1 Å². The van der Waals surface area contributed by atoms with Crippen molar-refractivity contribution in [1.29, 1.82) is 0 Å². The lowest BCUT2D eigenvalue weighted by Crippen LogP contribution is -2.47. The Morgan fingerprint density at radius 1 is 1.26 bits per heavy atom. The third kappa shape index (κ3) is 1.63. The fourth-order valence-corrected chi connectivity index (χ4v) is 4.67. The van der Waals surface area contributed by atoms with Crippen molar-refractivity contribution >= 4 is 27.1 Å². The predicted molar refractivity (Wildman–Crippen MR) is 78.2 cm³/mol. The number of fused-ring (bicyclic) bond motifs is 4. The van der Waals surface area contributed by atoms with Gasteiger partial charge in [0.15, 0.2) is 0 Å². The highest BCUT2D eigenvalue weighted by atomic mass is 32.1. The number of oxime groups is 1. The topological polar surface area (TPSA) is 35.8 Å². The van der Waals surface area contributed by atoms with E-state index in [-0.39, 0.29) is 0 Å². The van der Waals surface area contributed by atoms with Gasteiger partial charge in [0.1, 0.15) is 5.71 Å². The smallest absolute Gasteiger partial charge is 0.114 e. The van der Waals surface area contributed by atoms with Gasteiger partial charge in [-0.2, -0.15) is 0 Å². The second-order valence-electron chi connectivity index (χ2n) is 5.37. The van der Waals surface area contributed by atoms with Crippen LogP contribution in [0.1, 0.15) is 29.7 Å². The maximum atomic E-state index is 9.47. The zero-order valence-corrected chi connectivity index (χ0v) is 11.5. The second kappa shape index (κ2) is 4.32. The molecule has 98 valence electrons. The predicted octanol–water partition coefficient (Wildman–Crippen LogP) is 3.45. The Hall–Kier alpha value is -1.39. The third-order valence-corrected chi connectivity index (χ3v) is 5.56. The lowest BCUT2D eigenvalue weighted by atomic mass is 9.90. The Bertz CT molecular complexity index is 661. The molecule has 0 saturated carbocycles. The molecule has 0 spiro atoms. The first-order chi connectivity index (χ1) is 9.38. The Labute approximate surface area is 116 Å². The van der Waals surface area contributed by atoms with Gasteiger partial charge in [0, 0.05) is 11.2 Å². The first-order valence-electron chi connectivity index (χ1n) is 6.85. The van der Waals surface area contributed by atoms with Crippen molar-refractivity contribution in [3.05, 3.63) is 34.7 Å². The van der Waals surface area contributed by atoms with Gasteiger partial charge in [-0.1, -0.05) is 29.8 Å². The van der Waals surface area contributed by atoms with Crippen LogP contribution in [0.5, 0.6) is 0 Å². The van der Waals surface area contributed by atoms with E-state index in [2.05, 4.69) is 34.3 Å². The van der Waals surface area contributed by atoms with Crippen LogP contribution < -0.4 is 0 Å². The van der Waals surface area contributed by atoms with Crippen molar-refractivity contribution in [1.82, 2.24) is 4.90 Å². The molecule has 0 bridgehead atoms. The summed E-state index contributed by atoms with van der Waals surface area (Å²) in [5.74, 6) is 0. The fourth-order valence-electron chi connectivity index (χ4n) is 3.42. The molecule has 1 N–H and O–H groups in total. The average Bonchev–Trinajstić information content (AvgIpc) is 2.83. The Balaban J connectivity index is 1.93. The second-order valence-corrected chi connectivity index (χ2v) is 6.43. The normalized spacial score (nSPS) is 25.5. The molecule has 1 saturated heterocycles. The highest BCUT2D eigenvalue weighted by Gasteiger charge is 2.36. The SMILES string of the molecule is O/N=C1\c2sc3ccccc3c2CN2CCCCC12. The molecule has 1 fully saturated rings. The highest BCUT2D eigenvalue weighted by Crippen LogP contribution is 2.39. The molecule has 1 aromatic heterocycles. The zero-order chi connectivity index (χ0) is 12.8. The van der Waals surface area contributed by atoms with Gasteiger partial charge in [-0.15, -0.1) is 11.3 Å². The van der Waals surface area contributed by atoms with Gasteiger partial charge in [-0.25, -0.2) is 0 Å². The Morgan fingerprint density at radius 3 is 3.05 bits per heavy atom. The standard InChI is InChI=1S/C15H16N2OS/c18-16-14-12-6-3-4-8-17(12)9-11-10-5-1-2-7-13(10)19-15(11)14/h1-2,5,7,12,18H,3-4,6,8-9H2/b16-14-. The van der Waals surface area contributed by atoms with E-state index in [0.717, 1.165) is 25.2 Å². The largest absolute Gasteiger partial charge is 0.411 e. The van der Waals surface area contributed by atoms with E-state index >= 15 is 0 Å². The van der Waals surface area contributed by atoms with Crippen molar-refractivity contribution in [2.75, 3.05) is 6.54 Å². The fraction of sp³-hybridized carbons (Fsp3) is 0.400. The van der Waals surface area contributed by atoms with Crippen molar-refractivity contribution < 1.29 is 5.21 Å². The number of hydrogen-bond donors (Lipinski definition) is 1. The maximum Gasteiger partial charge on any atom is 0.114 e. The van der Waals surface area contributed by atoms with Crippen LogP contribution in [0.3, 0.4) is 0 Å².